The summed E-state index contributed by atoms with van der Waals surface area (Å²) in [6.07, 6.45) is 3.88. The van der Waals surface area contributed by atoms with Gasteiger partial charge in [0, 0.05) is 32.3 Å². The Morgan fingerprint density at radius 3 is 2.75 bits per heavy atom. The second-order valence-corrected chi connectivity index (χ2v) is 5.76. The number of hydrogen-bond donors (Lipinski definition) is 1. The van der Waals surface area contributed by atoms with Gasteiger partial charge in [0.15, 0.2) is 0 Å². The van der Waals surface area contributed by atoms with Crippen molar-refractivity contribution in [3.63, 3.8) is 0 Å². The molecule has 2 amide bonds. The Morgan fingerprint density at radius 2 is 2.04 bits per heavy atom. The fourth-order valence-corrected chi connectivity index (χ4v) is 2.77. The lowest BCUT2D eigenvalue weighted by Gasteiger charge is -2.18. The standard InChI is InChI=1S/C18H18FN3O2/c19-16-8-15(9-20-11-16)18(24)21-10-13-4-1-2-5-14(13)12-22-7-3-6-17(22)23/h1-2,4-5,8-9,11H,3,6-7,10,12H2,(H,21,24). The Bertz CT molecular complexity index is 763. The number of amides is 2. The van der Waals surface area contributed by atoms with E-state index in [-0.39, 0.29) is 17.4 Å². The van der Waals surface area contributed by atoms with Crippen LogP contribution in [-0.2, 0) is 17.9 Å². The van der Waals surface area contributed by atoms with Crippen LogP contribution in [0.1, 0.15) is 34.3 Å². The summed E-state index contributed by atoms with van der Waals surface area (Å²) in [5.74, 6) is -0.760. The smallest absolute Gasteiger partial charge is 0.253 e. The van der Waals surface area contributed by atoms with Crippen LogP contribution in [0, 0.1) is 5.82 Å². The van der Waals surface area contributed by atoms with E-state index in [9.17, 15) is 14.0 Å². The molecule has 1 aliphatic rings. The van der Waals surface area contributed by atoms with Gasteiger partial charge in [0.2, 0.25) is 5.91 Å². The third-order valence-electron chi connectivity index (χ3n) is 4.06. The zero-order valence-electron chi connectivity index (χ0n) is 13.2. The largest absolute Gasteiger partial charge is 0.348 e. The van der Waals surface area contributed by atoms with Gasteiger partial charge in [-0.2, -0.15) is 0 Å². The van der Waals surface area contributed by atoms with E-state index in [0.29, 0.717) is 19.5 Å². The molecule has 6 heteroatoms. The highest BCUT2D eigenvalue weighted by Gasteiger charge is 2.21. The molecule has 0 unspecified atom stereocenters. The van der Waals surface area contributed by atoms with Crippen LogP contribution in [0.4, 0.5) is 4.39 Å². The number of benzene rings is 1. The van der Waals surface area contributed by atoms with Crippen molar-refractivity contribution in [2.45, 2.75) is 25.9 Å². The quantitative estimate of drug-likeness (QED) is 0.916. The van der Waals surface area contributed by atoms with Crippen LogP contribution in [0.5, 0.6) is 0 Å². The molecule has 0 aliphatic carbocycles. The normalized spacial score (nSPS) is 14.0. The average Bonchev–Trinajstić information content (AvgIpc) is 2.99. The van der Waals surface area contributed by atoms with Crippen molar-refractivity contribution in [3.05, 3.63) is 65.2 Å². The Morgan fingerprint density at radius 1 is 1.25 bits per heavy atom. The molecule has 0 radical (unpaired) electrons. The summed E-state index contributed by atoms with van der Waals surface area (Å²) in [4.78, 5) is 29.4. The molecule has 1 aliphatic heterocycles. The van der Waals surface area contributed by atoms with Gasteiger partial charge < -0.3 is 10.2 Å². The summed E-state index contributed by atoms with van der Waals surface area (Å²) < 4.78 is 13.1. The van der Waals surface area contributed by atoms with Gasteiger partial charge in [-0.05, 0) is 23.6 Å². The second-order valence-electron chi connectivity index (χ2n) is 5.76. The zero-order chi connectivity index (χ0) is 16.9. The summed E-state index contributed by atoms with van der Waals surface area (Å²) in [5, 5.41) is 2.77. The lowest BCUT2D eigenvalue weighted by molar-refractivity contribution is -0.128. The van der Waals surface area contributed by atoms with E-state index in [1.807, 2.05) is 29.2 Å². The van der Waals surface area contributed by atoms with Crippen molar-refractivity contribution in [2.75, 3.05) is 6.54 Å². The lowest BCUT2D eigenvalue weighted by Crippen LogP contribution is -2.27. The molecule has 3 rings (SSSR count). The number of aromatic nitrogens is 1. The molecule has 1 fully saturated rings. The average molecular weight is 327 g/mol. The lowest BCUT2D eigenvalue weighted by atomic mass is 10.1. The maximum atomic E-state index is 13.1. The van der Waals surface area contributed by atoms with E-state index >= 15 is 0 Å². The van der Waals surface area contributed by atoms with Gasteiger partial charge in [0.05, 0.1) is 11.8 Å². The van der Waals surface area contributed by atoms with Crippen LogP contribution < -0.4 is 5.32 Å². The van der Waals surface area contributed by atoms with Crippen molar-refractivity contribution >= 4 is 11.8 Å². The van der Waals surface area contributed by atoms with Gasteiger partial charge in [-0.3, -0.25) is 14.6 Å². The van der Waals surface area contributed by atoms with E-state index in [2.05, 4.69) is 10.3 Å². The van der Waals surface area contributed by atoms with E-state index in [0.717, 1.165) is 36.4 Å². The van der Waals surface area contributed by atoms with E-state index in [1.54, 1.807) is 0 Å². The highest BCUT2D eigenvalue weighted by atomic mass is 19.1. The van der Waals surface area contributed by atoms with Gasteiger partial charge in [-0.15, -0.1) is 0 Å². The van der Waals surface area contributed by atoms with Gasteiger partial charge in [0.1, 0.15) is 5.82 Å². The molecule has 0 atom stereocenters. The number of carbonyl (C=O) groups is 2. The van der Waals surface area contributed by atoms with Crippen molar-refractivity contribution in [1.29, 1.82) is 0 Å². The Balaban J connectivity index is 1.67. The highest BCUT2D eigenvalue weighted by molar-refractivity contribution is 5.93. The first-order valence-electron chi connectivity index (χ1n) is 7.87. The summed E-state index contributed by atoms with van der Waals surface area (Å²) >= 11 is 0. The van der Waals surface area contributed by atoms with Crippen LogP contribution in [0.15, 0.2) is 42.7 Å². The summed E-state index contributed by atoms with van der Waals surface area (Å²) in [6.45, 7) is 1.63. The summed E-state index contributed by atoms with van der Waals surface area (Å²) in [5.41, 5.74) is 2.13. The summed E-state index contributed by atoms with van der Waals surface area (Å²) in [6, 6.07) is 8.83. The minimum Gasteiger partial charge on any atom is -0.348 e. The van der Waals surface area contributed by atoms with Crippen LogP contribution in [0.3, 0.4) is 0 Å². The van der Waals surface area contributed by atoms with Crippen LogP contribution in [-0.4, -0.2) is 28.2 Å². The van der Waals surface area contributed by atoms with Gasteiger partial charge in [0.25, 0.3) is 5.91 Å². The molecule has 0 spiro atoms. The molecule has 1 aromatic carbocycles. The fraction of sp³-hybridized carbons (Fsp3) is 0.278. The molecule has 124 valence electrons. The van der Waals surface area contributed by atoms with E-state index in [4.69, 9.17) is 0 Å². The summed E-state index contributed by atoms with van der Waals surface area (Å²) in [7, 11) is 0. The first-order valence-corrected chi connectivity index (χ1v) is 7.87. The number of halogens is 1. The Labute approximate surface area is 139 Å². The third-order valence-corrected chi connectivity index (χ3v) is 4.06. The van der Waals surface area contributed by atoms with Crippen molar-refractivity contribution in [1.82, 2.24) is 15.2 Å². The molecular weight excluding hydrogens is 309 g/mol. The number of nitrogens with one attached hydrogen (secondary N) is 1. The monoisotopic (exact) mass is 327 g/mol. The highest BCUT2D eigenvalue weighted by Crippen LogP contribution is 2.17. The molecule has 5 nitrogen and oxygen atoms in total. The van der Waals surface area contributed by atoms with Gasteiger partial charge in [-0.25, -0.2) is 4.39 Å². The van der Waals surface area contributed by atoms with Crippen LogP contribution in [0.25, 0.3) is 0 Å². The fourth-order valence-electron chi connectivity index (χ4n) is 2.77. The Kier molecular flexibility index (Phi) is 4.84. The van der Waals surface area contributed by atoms with E-state index in [1.165, 1.54) is 6.20 Å². The van der Waals surface area contributed by atoms with Crippen molar-refractivity contribution < 1.29 is 14.0 Å². The molecule has 2 aromatic rings. The maximum Gasteiger partial charge on any atom is 0.253 e. The first-order chi connectivity index (χ1) is 11.6. The Hall–Kier alpha value is -2.76. The van der Waals surface area contributed by atoms with Gasteiger partial charge >= 0.3 is 0 Å². The van der Waals surface area contributed by atoms with Crippen molar-refractivity contribution in [2.24, 2.45) is 0 Å². The molecule has 0 bridgehead atoms. The topological polar surface area (TPSA) is 62.3 Å². The number of pyridine rings is 1. The number of rotatable bonds is 5. The second kappa shape index (κ2) is 7.21. The minimum absolute atomic E-state index is 0.166. The van der Waals surface area contributed by atoms with E-state index < -0.39 is 5.82 Å². The molecular formula is C18H18FN3O2. The van der Waals surface area contributed by atoms with Crippen LogP contribution in [0.2, 0.25) is 0 Å². The minimum atomic E-state index is -0.546. The molecule has 1 saturated heterocycles. The zero-order valence-corrected chi connectivity index (χ0v) is 13.2. The molecule has 1 N–H and O–H groups in total. The predicted octanol–water partition coefficient (Wildman–Crippen LogP) is 2.27. The number of nitrogens with zero attached hydrogens (tertiary/aromatic N) is 2. The molecule has 24 heavy (non-hydrogen) atoms. The molecule has 1 aromatic heterocycles. The SMILES string of the molecule is O=C(NCc1ccccc1CN1CCCC1=O)c1cncc(F)c1. The van der Waals surface area contributed by atoms with Gasteiger partial charge in [-0.1, -0.05) is 24.3 Å². The molecule has 2 heterocycles. The maximum absolute atomic E-state index is 13.1. The van der Waals surface area contributed by atoms with Crippen molar-refractivity contribution in [3.8, 4) is 0 Å². The number of likely N-dealkylation sites (tertiary alicyclic amines) is 1. The predicted molar refractivity (Wildman–Crippen MR) is 86.5 cm³/mol. The number of hydrogen-bond acceptors (Lipinski definition) is 3. The first kappa shape index (κ1) is 16.1. The third kappa shape index (κ3) is 3.76. The van der Waals surface area contributed by atoms with Crippen LogP contribution >= 0.6 is 0 Å². The molecule has 0 saturated carbocycles. The number of carbonyl (C=O) groups excluding carboxylic acids is 2.